The van der Waals surface area contributed by atoms with Gasteiger partial charge in [-0.05, 0) is 52.0 Å². The van der Waals surface area contributed by atoms with Crippen LogP contribution in [0.5, 0.6) is 0 Å². The third-order valence-electron chi connectivity index (χ3n) is 3.89. The molecule has 0 aliphatic rings. The summed E-state index contributed by atoms with van der Waals surface area (Å²) in [5.41, 5.74) is 2.19. The van der Waals surface area contributed by atoms with E-state index in [1.54, 1.807) is 10.7 Å². The second-order valence-corrected chi connectivity index (χ2v) is 7.33. The van der Waals surface area contributed by atoms with Gasteiger partial charge >= 0.3 is 0 Å². The smallest absolute Gasteiger partial charge is 0.171 e. The van der Waals surface area contributed by atoms with E-state index in [-0.39, 0.29) is 0 Å². The number of anilines is 1. The van der Waals surface area contributed by atoms with Crippen molar-refractivity contribution in [1.29, 1.82) is 0 Å². The van der Waals surface area contributed by atoms with Crippen molar-refractivity contribution in [1.82, 2.24) is 14.6 Å². The van der Waals surface area contributed by atoms with Crippen LogP contribution in [0, 0.1) is 5.92 Å². The second-order valence-electron chi connectivity index (χ2n) is 5.56. The predicted octanol–water partition coefficient (Wildman–Crippen LogP) is 4.94. The van der Waals surface area contributed by atoms with Gasteiger partial charge < -0.3 is 5.32 Å². The molecule has 6 heteroatoms. The Morgan fingerprint density at radius 1 is 1.26 bits per heavy atom. The molecule has 0 spiro atoms. The highest BCUT2D eigenvalue weighted by Gasteiger charge is 2.09. The summed E-state index contributed by atoms with van der Waals surface area (Å²) in [6.45, 7) is 3.13. The molecule has 1 N–H and O–H groups in total. The molecule has 120 valence electrons. The molecule has 0 aliphatic carbocycles. The summed E-state index contributed by atoms with van der Waals surface area (Å²) >= 11 is 7.00. The van der Waals surface area contributed by atoms with Gasteiger partial charge in [0, 0.05) is 17.2 Å². The van der Waals surface area contributed by atoms with Crippen LogP contribution < -0.4 is 5.32 Å². The number of aromatic nitrogens is 3. The van der Waals surface area contributed by atoms with Crippen LogP contribution >= 0.6 is 31.9 Å². The van der Waals surface area contributed by atoms with Crippen molar-refractivity contribution in [3.63, 3.8) is 0 Å². The topological polar surface area (TPSA) is 42.2 Å². The van der Waals surface area contributed by atoms with E-state index in [0.717, 1.165) is 39.8 Å². The van der Waals surface area contributed by atoms with Crippen LogP contribution in [0.1, 0.15) is 18.9 Å². The Hall–Kier alpha value is -1.40. The maximum Gasteiger partial charge on any atom is 0.171 e. The van der Waals surface area contributed by atoms with Gasteiger partial charge in [-0.3, -0.25) is 0 Å². The van der Waals surface area contributed by atoms with Crippen molar-refractivity contribution in [3.8, 4) is 0 Å². The van der Waals surface area contributed by atoms with Gasteiger partial charge in [0.15, 0.2) is 5.65 Å². The van der Waals surface area contributed by atoms with Crippen molar-refractivity contribution < 1.29 is 0 Å². The van der Waals surface area contributed by atoms with Crippen LogP contribution in [0.4, 0.5) is 5.82 Å². The summed E-state index contributed by atoms with van der Waals surface area (Å²) in [6, 6.07) is 10.5. The predicted molar refractivity (Wildman–Crippen MR) is 101 cm³/mol. The Labute approximate surface area is 152 Å². The number of hydrogen-bond acceptors (Lipinski definition) is 3. The lowest BCUT2D eigenvalue weighted by Gasteiger charge is -2.16. The fourth-order valence-electron chi connectivity index (χ4n) is 2.55. The molecule has 23 heavy (non-hydrogen) atoms. The highest BCUT2D eigenvalue weighted by Crippen LogP contribution is 2.19. The number of benzene rings is 1. The minimum absolute atomic E-state index is 0.565. The van der Waals surface area contributed by atoms with E-state index in [2.05, 4.69) is 78.4 Å². The third-order valence-corrected chi connectivity index (χ3v) is 4.94. The van der Waals surface area contributed by atoms with Crippen molar-refractivity contribution >= 4 is 43.3 Å². The largest absolute Gasteiger partial charge is 0.370 e. The first kappa shape index (κ1) is 16.5. The molecular weight excluding hydrogens is 420 g/mol. The average Bonchev–Trinajstić information content (AvgIpc) is 2.92. The molecule has 0 saturated carbocycles. The summed E-state index contributed by atoms with van der Waals surface area (Å²) in [7, 11) is 0. The van der Waals surface area contributed by atoms with Gasteiger partial charge in [0.1, 0.15) is 5.82 Å². The molecule has 3 aromatic rings. The van der Waals surface area contributed by atoms with Crippen LogP contribution in [0.15, 0.2) is 51.7 Å². The van der Waals surface area contributed by atoms with Crippen molar-refractivity contribution in [2.24, 2.45) is 5.92 Å². The standard InChI is InChI=1S/C17H18Br2N4/c1-2-12(8-13-4-3-5-14(18)9-13)10-20-16-6-7-23-17(22-16)15(19)11-21-23/h3-7,9,11-12H,2,8,10H2,1H3,(H,20,22). The first-order valence-electron chi connectivity index (χ1n) is 7.64. The first-order chi connectivity index (χ1) is 11.2. The average molecular weight is 438 g/mol. The van der Waals surface area contributed by atoms with Crippen molar-refractivity contribution in [3.05, 3.63) is 57.2 Å². The van der Waals surface area contributed by atoms with Crippen LogP contribution in [0.3, 0.4) is 0 Å². The van der Waals surface area contributed by atoms with Crippen LogP contribution in [-0.2, 0) is 6.42 Å². The molecule has 0 saturated heterocycles. The summed E-state index contributed by atoms with van der Waals surface area (Å²) in [5.74, 6) is 1.45. The maximum atomic E-state index is 4.60. The summed E-state index contributed by atoms with van der Waals surface area (Å²) in [4.78, 5) is 4.60. The Kier molecular flexibility index (Phi) is 5.33. The van der Waals surface area contributed by atoms with Gasteiger partial charge in [0.05, 0.1) is 10.7 Å². The maximum absolute atomic E-state index is 4.60. The molecule has 0 aliphatic heterocycles. The fourth-order valence-corrected chi connectivity index (χ4v) is 3.36. The Morgan fingerprint density at radius 2 is 2.13 bits per heavy atom. The zero-order valence-electron chi connectivity index (χ0n) is 12.8. The third kappa shape index (κ3) is 4.12. The van der Waals surface area contributed by atoms with E-state index in [0.29, 0.717) is 5.92 Å². The Bertz CT molecular complexity index is 800. The summed E-state index contributed by atoms with van der Waals surface area (Å²) in [6.07, 6.45) is 5.86. The number of nitrogens with one attached hydrogen (secondary N) is 1. The molecule has 0 radical (unpaired) electrons. The minimum Gasteiger partial charge on any atom is -0.370 e. The van der Waals surface area contributed by atoms with Crippen molar-refractivity contribution in [2.75, 3.05) is 11.9 Å². The Balaban J connectivity index is 1.65. The lowest BCUT2D eigenvalue weighted by Crippen LogP contribution is -2.17. The minimum atomic E-state index is 0.565. The number of nitrogens with zero attached hydrogens (tertiary/aromatic N) is 3. The Morgan fingerprint density at radius 3 is 2.91 bits per heavy atom. The molecule has 1 aromatic carbocycles. The van der Waals surface area contributed by atoms with Gasteiger partial charge in [0.2, 0.25) is 0 Å². The summed E-state index contributed by atoms with van der Waals surface area (Å²) in [5, 5.41) is 7.66. The van der Waals surface area contributed by atoms with Crippen LogP contribution in [0.2, 0.25) is 0 Å². The van der Waals surface area contributed by atoms with Gasteiger partial charge in [-0.1, -0.05) is 41.4 Å². The van der Waals surface area contributed by atoms with E-state index < -0.39 is 0 Å². The lowest BCUT2D eigenvalue weighted by molar-refractivity contribution is 0.533. The highest BCUT2D eigenvalue weighted by atomic mass is 79.9. The normalized spacial score (nSPS) is 12.5. The quantitative estimate of drug-likeness (QED) is 0.594. The van der Waals surface area contributed by atoms with E-state index >= 15 is 0 Å². The molecule has 3 rings (SSSR count). The molecule has 1 atom stereocenters. The zero-order chi connectivity index (χ0) is 16.2. The van der Waals surface area contributed by atoms with E-state index in [1.165, 1.54) is 5.56 Å². The monoisotopic (exact) mass is 436 g/mol. The van der Waals surface area contributed by atoms with Gasteiger partial charge in [-0.25, -0.2) is 9.50 Å². The second kappa shape index (κ2) is 7.45. The molecule has 2 heterocycles. The molecule has 0 bridgehead atoms. The van der Waals surface area contributed by atoms with E-state index in [1.807, 2.05) is 12.3 Å². The van der Waals surface area contributed by atoms with E-state index in [4.69, 9.17) is 0 Å². The summed E-state index contributed by atoms with van der Waals surface area (Å²) < 4.78 is 3.80. The first-order valence-corrected chi connectivity index (χ1v) is 9.22. The van der Waals surface area contributed by atoms with Gasteiger partial charge in [-0.2, -0.15) is 5.10 Å². The number of rotatable bonds is 6. The molecule has 2 aromatic heterocycles. The molecule has 4 nitrogen and oxygen atoms in total. The lowest BCUT2D eigenvalue weighted by atomic mass is 9.97. The number of fused-ring (bicyclic) bond motifs is 1. The molecule has 0 amide bonds. The number of halogens is 2. The van der Waals surface area contributed by atoms with Gasteiger partial charge in [-0.15, -0.1) is 0 Å². The molecule has 1 unspecified atom stereocenters. The zero-order valence-corrected chi connectivity index (χ0v) is 16.0. The molecule has 0 fully saturated rings. The van der Waals surface area contributed by atoms with Crippen LogP contribution in [-0.4, -0.2) is 21.1 Å². The van der Waals surface area contributed by atoms with Crippen molar-refractivity contribution in [2.45, 2.75) is 19.8 Å². The molecular formula is C17H18Br2N4. The SMILES string of the molecule is CCC(CNc1ccn2ncc(Br)c2n1)Cc1cccc(Br)c1. The number of hydrogen-bond donors (Lipinski definition) is 1. The fraction of sp³-hybridized carbons (Fsp3) is 0.294. The van der Waals surface area contributed by atoms with E-state index in [9.17, 15) is 0 Å². The highest BCUT2D eigenvalue weighted by molar-refractivity contribution is 9.10. The van der Waals surface area contributed by atoms with Gasteiger partial charge in [0.25, 0.3) is 0 Å². The van der Waals surface area contributed by atoms with Crippen LogP contribution in [0.25, 0.3) is 5.65 Å².